The predicted octanol–water partition coefficient (Wildman–Crippen LogP) is 4.95. The van der Waals surface area contributed by atoms with Crippen LogP contribution in [0.15, 0.2) is 54.0 Å². The fourth-order valence-corrected chi connectivity index (χ4v) is 3.27. The van der Waals surface area contributed by atoms with Gasteiger partial charge in [-0.3, -0.25) is 0 Å². The van der Waals surface area contributed by atoms with Crippen molar-refractivity contribution in [2.24, 2.45) is 0 Å². The maximum absolute atomic E-state index is 6.00. The second-order valence-electron chi connectivity index (χ2n) is 5.14. The molecule has 0 saturated carbocycles. The van der Waals surface area contributed by atoms with Gasteiger partial charge in [0.25, 0.3) is 0 Å². The quantitative estimate of drug-likeness (QED) is 0.552. The van der Waals surface area contributed by atoms with E-state index in [4.69, 9.17) is 11.6 Å². The molecule has 2 aromatic heterocycles. The summed E-state index contributed by atoms with van der Waals surface area (Å²) in [6.07, 6.45) is 1.81. The maximum Gasteiger partial charge on any atom is 0.201 e. The molecular weight excluding hydrogens is 328 g/mol. The zero-order chi connectivity index (χ0) is 15.6. The number of halogens is 1. The van der Waals surface area contributed by atoms with Gasteiger partial charge < -0.3 is 10.3 Å². The molecule has 2 N–H and O–H groups in total. The normalized spacial score (nSPS) is 11.0. The minimum Gasteiger partial charge on any atom is -0.352 e. The molecule has 4 rings (SSSR count). The fraction of sp³-hybridized carbons (Fsp3) is 0.0588. The summed E-state index contributed by atoms with van der Waals surface area (Å²) in [4.78, 5) is 12.2. The molecule has 4 nitrogen and oxygen atoms in total. The van der Waals surface area contributed by atoms with E-state index in [1.54, 1.807) is 11.3 Å². The van der Waals surface area contributed by atoms with Crippen LogP contribution in [0.25, 0.3) is 21.6 Å². The summed E-state index contributed by atoms with van der Waals surface area (Å²) in [5.74, 6) is 0.747. The Kier molecular flexibility index (Phi) is 3.73. The Morgan fingerprint density at radius 3 is 2.96 bits per heavy atom. The molecule has 0 saturated heterocycles. The zero-order valence-corrected chi connectivity index (χ0v) is 13.7. The Bertz CT molecular complexity index is 946. The largest absolute Gasteiger partial charge is 0.352 e. The third kappa shape index (κ3) is 3.06. The van der Waals surface area contributed by atoms with Crippen LogP contribution in [0.2, 0.25) is 5.02 Å². The van der Waals surface area contributed by atoms with Crippen molar-refractivity contribution in [3.05, 3.63) is 64.6 Å². The summed E-state index contributed by atoms with van der Waals surface area (Å²) in [7, 11) is 0. The van der Waals surface area contributed by atoms with Gasteiger partial charge in [0.15, 0.2) is 0 Å². The van der Waals surface area contributed by atoms with E-state index in [1.807, 2.05) is 48.0 Å². The van der Waals surface area contributed by atoms with Crippen molar-refractivity contribution in [2.75, 3.05) is 5.32 Å². The molecule has 0 bridgehead atoms. The molecule has 2 aromatic carbocycles. The molecule has 0 fully saturated rings. The first-order chi connectivity index (χ1) is 11.3. The van der Waals surface area contributed by atoms with E-state index >= 15 is 0 Å². The van der Waals surface area contributed by atoms with E-state index in [0.29, 0.717) is 6.54 Å². The minimum absolute atomic E-state index is 0.666. The van der Waals surface area contributed by atoms with E-state index in [-0.39, 0.29) is 0 Å². The Labute approximate surface area is 142 Å². The molecule has 6 heteroatoms. The van der Waals surface area contributed by atoms with Crippen LogP contribution in [0.5, 0.6) is 0 Å². The van der Waals surface area contributed by atoms with Gasteiger partial charge in [-0.2, -0.15) is 0 Å². The topological polar surface area (TPSA) is 53.6 Å². The van der Waals surface area contributed by atoms with Crippen molar-refractivity contribution >= 4 is 39.9 Å². The number of benzene rings is 2. The minimum atomic E-state index is 0.666. The van der Waals surface area contributed by atoms with Crippen LogP contribution in [0, 0.1) is 0 Å². The number of anilines is 1. The molecule has 0 aliphatic rings. The van der Waals surface area contributed by atoms with Crippen molar-refractivity contribution in [3.8, 4) is 10.6 Å². The van der Waals surface area contributed by atoms with E-state index in [2.05, 4.69) is 26.3 Å². The van der Waals surface area contributed by atoms with Crippen LogP contribution in [0.1, 0.15) is 5.56 Å². The number of H-pyrrole nitrogens is 1. The predicted molar refractivity (Wildman–Crippen MR) is 96.0 cm³/mol. The summed E-state index contributed by atoms with van der Waals surface area (Å²) in [6.45, 7) is 0.666. The van der Waals surface area contributed by atoms with Crippen LogP contribution in [0.4, 0.5) is 5.95 Å². The van der Waals surface area contributed by atoms with Crippen LogP contribution in [-0.4, -0.2) is 15.0 Å². The van der Waals surface area contributed by atoms with E-state index in [9.17, 15) is 0 Å². The number of thiazole rings is 1. The number of nitrogens with one attached hydrogen (secondary N) is 2. The first-order valence-corrected chi connectivity index (χ1v) is 8.42. The monoisotopic (exact) mass is 340 g/mol. The summed E-state index contributed by atoms with van der Waals surface area (Å²) < 4.78 is 0. The Hall–Kier alpha value is -2.37. The molecule has 0 unspecified atom stereocenters. The number of hydrogen-bond donors (Lipinski definition) is 2. The number of fused-ring (bicyclic) bond motifs is 1. The number of hydrogen-bond acceptors (Lipinski definition) is 4. The van der Waals surface area contributed by atoms with Crippen LogP contribution in [0.3, 0.4) is 0 Å². The summed E-state index contributed by atoms with van der Waals surface area (Å²) in [6, 6.07) is 13.9. The summed E-state index contributed by atoms with van der Waals surface area (Å²) >= 11 is 7.63. The highest BCUT2D eigenvalue weighted by molar-refractivity contribution is 7.13. The molecule has 0 radical (unpaired) electrons. The second-order valence-corrected chi connectivity index (χ2v) is 6.47. The van der Waals surface area contributed by atoms with Crippen molar-refractivity contribution in [2.45, 2.75) is 6.54 Å². The zero-order valence-electron chi connectivity index (χ0n) is 12.1. The Morgan fingerprint density at radius 1 is 1.17 bits per heavy atom. The molecule has 0 spiro atoms. The third-order valence-corrected chi connectivity index (χ3v) is 4.57. The molecule has 0 aliphatic carbocycles. The molecular formula is C17H13ClN4S. The molecule has 0 amide bonds. The van der Waals surface area contributed by atoms with Gasteiger partial charge in [-0.1, -0.05) is 23.7 Å². The number of rotatable bonds is 4. The highest BCUT2D eigenvalue weighted by Gasteiger charge is 2.06. The number of imidazole rings is 1. The average Bonchev–Trinajstić information content (AvgIpc) is 3.21. The molecule has 23 heavy (non-hydrogen) atoms. The van der Waals surface area contributed by atoms with Gasteiger partial charge in [0.1, 0.15) is 5.01 Å². The lowest BCUT2D eigenvalue weighted by Crippen LogP contribution is -2.00. The van der Waals surface area contributed by atoms with Crippen LogP contribution >= 0.6 is 22.9 Å². The van der Waals surface area contributed by atoms with Gasteiger partial charge >= 0.3 is 0 Å². The Morgan fingerprint density at radius 2 is 2.13 bits per heavy atom. The summed E-state index contributed by atoms with van der Waals surface area (Å²) in [5, 5.41) is 7.02. The number of nitrogens with zero attached hydrogens (tertiary/aromatic N) is 2. The SMILES string of the molecule is Clc1cccc(CNc2nc3ccc(-c4nccs4)cc3[nH]2)c1. The Balaban J connectivity index is 1.57. The van der Waals surface area contributed by atoms with Crippen LogP contribution < -0.4 is 5.32 Å². The number of aromatic nitrogens is 3. The number of aromatic amines is 1. The van der Waals surface area contributed by atoms with E-state index in [0.717, 1.165) is 38.1 Å². The average molecular weight is 341 g/mol. The van der Waals surface area contributed by atoms with Crippen molar-refractivity contribution in [1.82, 2.24) is 15.0 Å². The molecule has 0 atom stereocenters. The first kappa shape index (κ1) is 14.2. The third-order valence-electron chi connectivity index (χ3n) is 3.51. The molecule has 4 aromatic rings. The fourth-order valence-electron chi connectivity index (χ4n) is 2.43. The van der Waals surface area contributed by atoms with Gasteiger partial charge in [-0.25, -0.2) is 9.97 Å². The molecule has 114 valence electrons. The first-order valence-electron chi connectivity index (χ1n) is 7.16. The lowest BCUT2D eigenvalue weighted by molar-refractivity contribution is 1.10. The van der Waals surface area contributed by atoms with Crippen molar-refractivity contribution in [1.29, 1.82) is 0 Å². The smallest absolute Gasteiger partial charge is 0.201 e. The molecule has 2 heterocycles. The van der Waals surface area contributed by atoms with Gasteiger partial charge in [0, 0.05) is 28.7 Å². The van der Waals surface area contributed by atoms with Gasteiger partial charge in [-0.05, 0) is 35.9 Å². The molecule has 0 aliphatic heterocycles. The van der Waals surface area contributed by atoms with Crippen molar-refractivity contribution in [3.63, 3.8) is 0 Å². The van der Waals surface area contributed by atoms with Gasteiger partial charge in [0.05, 0.1) is 11.0 Å². The summed E-state index contributed by atoms with van der Waals surface area (Å²) in [5.41, 5.74) is 4.13. The van der Waals surface area contributed by atoms with Gasteiger partial charge in [-0.15, -0.1) is 11.3 Å². The van der Waals surface area contributed by atoms with E-state index < -0.39 is 0 Å². The van der Waals surface area contributed by atoms with Gasteiger partial charge in [0.2, 0.25) is 5.95 Å². The highest BCUT2D eigenvalue weighted by Crippen LogP contribution is 2.25. The second kappa shape index (κ2) is 6.02. The lowest BCUT2D eigenvalue weighted by atomic mass is 10.2. The highest BCUT2D eigenvalue weighted by atomic mass is 35.5. The van der Waals surface area contributed by atoms with E-state index in [1.165, 1.54) is 0 Å². The van der Waals surface area contributed by atoms with Crippen molar-refractivity contribution < 1.29 is 0 Å². The standard InChI is InChI=1S/C17H13ClN4S/c18-13-3-1-2-11(8-13)10-20-17-21-14-5-4-12(9-15(14)22-17)16-19-6-7-23-16/h1-9H,10H2,(H2,20,21,22). The lowest BCUT2D eigenvalue weighted by Gasteiger charge is -2.03. The van der Waals surface area contributed by atoms with Crippen LogP contribution in [-0.2, 0) is 6.54 Å². The maximum atomic E-state index is 6.00.